The lowest BCUT2D eigenvalue weighted by atomic mass is 10.2. The highest BCUT2D eigenvalue weighted by Gasteiger charge is 2.09. The molecular weight excluding hydrogens is 224 g/mol. The van der Waals surface area contributed by atoms with Crippen LogP contribution < -0.4 is 10.5 Å². The van der Waals surface area contributed by atoms with Gasteiger partial charge >= 0.3 is 0 Å². The Labute approximate surface area is 97.6 Å². The summed E-state index contributed by atoms with van der Waals surface area (Å²) in [6.07, 6.45) is 0. The van der Waals surface area contributed by atoms with Gasteiger partial charge in [-0.05, 0) is 30.7 Å². The fourth-order valence-electron chi connectivity index (χ4n) is 1.43. The Morgan fingerprint density at radius 2 is 1.82 bits per heavy atom. The third kappa shape index (κ3) is 2.36. The molecule has 0 spiro atoms. The summed E-state index contributed by atoms with van der Waals surface area (Å²) >= 11 is 0. The van der Waals surface area contributed by atoms with E-state index in [1.807, 2.05) is 0 Å². The van der Waals surface area contributed by atoms with Crippen LogP contribution in [0.3, 0.4) is 0 Å². The second-order valence-electron chi connectivity index (χ2n) is 3.67. The Hall–Kier alpha value is -2.10. The normalized spacial score (nSPS) is 10.3. The first-order chi connectivity index (χ1) is 8.08. The molecule has 0 saturated carbocycles. The molecule has 0 heterocycles. The molecule has 2 rings (SSSR count). The van der Waals surface area contributed by atoms with Crippen molar-refractivity contribution in [2.75, 3.05) is 5.73 Å². The zero-order valence-corrected chi connectivity index (χ0v) is 9.21. The van der Waals surface area contributed by atoms with E-state index in [1.165, 1.54) is 18.2 Å². The molecule has 2 aromatic carbocycles. The molecule has 0 fully saturated rings. The highest BCUT2D eigenvalue weighted by molar-refractivity contribution is 5.54. The minimum Gasteiger partial charge on any atom is -0.452 e. The van der Waals surface area contributed by atoms with Gasteiger partial charge in [-0.15, -0.1) is 0 Å². The number of halogens is 2. The van der Waals surface area contributed by atoms with E-state index >= 15 is 0 Å². The minimum atomic E-state index is -0.459. The number of hydrogen-bond donors (Lipinski definition) is 1. The molecule has 0 aliphatic heterocycles. The lowest BCUT2D eigenvalue weighted by molar-refractivity contribution is 0.441. The largest absolute Gasteiger partial charge is 0.452 e. The minimum absolute atomic E-state index is 0.0725. The maximum absolute atomic E-state index is 13.7. The van der Waals surface area contributed by atoms with Crippen LogP contribution >= 0.6 is 0 Å². The zero-order chi connectivity index (χ0) is 12.4. The second-order valence-corrected chi connectivity index (χ2v) is 3.67. The molecule has 0 bridgehead atoms. The standard InChI is InChI=1S/C13H11F2NO/c1-8-3-2-4-12(13(8)15)17-11-6-5-9(14)7-10(11)16/h2-7H,16H2,1H3. The highest BCUT2D eigenvalue weighted by Crippen LogP contribution is 2.30. The zero-order valence-electron chi connectivity index (χ0n) is 9.21. The molecule has 0 unspecified atom stereocenters. The third-order valence-corrected chi connectivity index (χ3v) is 2.35. The predicted octanol–water partition coefficient (Wildman–Crippen LogP) is 3.65. The molecule has 0 aliphatic rings. The van der Waals surface area contributed by atoms with E-state index in [1.54, 1.807) is 19.1 Å². The Morgan fingerprint density at radius 3 is 2.53 bits per heavy atom. The van der Waals surface area contributed by atoms with Gasteiger partial charge in [-0.1, -0.05) is 12.1 Å². The number of nitrogen functional groups attached to an aromatic ring is 1. The van der Waals surface area contributed by atoms with Crippen molar-refractivity contribution in [2.24, 2.45) is 0 Å². The van der Waals surface area contributed by atoms with Gasteiger partial charge in [-0.2, -0.15) is 0 Å². The van der Waals surface area contributed by atoms with E-state index < -0.39 is 11.6 Å². The van der Waals surface area contributed by atoms with Gasteiger partial charge in [0.05, 0.1) is 5.69 Å². The van der Waals surface area contributed by atoms with Crippen LogP contribution in [0.25, 0.3) is 0 Å². The Morgan fingerprint density at radius 1 is 1.06 bits per heavy atom. The summed E-state index contributed by atoms with van der Waals surface area (Å²) in [7, 11) is 0. The first kappa shape index (κ1) is 11.4. The van der Waals surface area contributed by atoms with Gasteiger partial charge in [-0.25, -0.2) is 8.78 Å². The van der Waals surface area contributed by atoms with E-state index in [-0.39, 0.29) is 17.2 Å². The third-order valence-electron chi connectivity index (χ3n) is 2.35. The number of aryl methyl sites for hydroxylation is 1. The van der Waals surface area contributed by atoms with Gasteiger partial charge in [-0.3, -0.25) is 0 Å². The monoisotopic (exact) mass is 235 g/mol. The predicted molar refractivity (Wildman–Crippen MR) is 62.0 cm³/mol. The van der Waals surface area contributed by atoms with Crippen LogP contribution in [0.1, 0.15) is 5.56 Å². The van der Waals surface area contributed by atoms with Crippen LogP contribution in [-0.4, -0.2) is 0 Å². The molecule has 0 aromatic heterocycles. The second kappa shape index (κ2) is 4.41. The summed E-state index contributed by atoms with van der Waals surface area (Å²) in [6.45, 7) is 1.64. The Kier molecular flexibility index (Phi) is 2.95. The van der Waals surface area contributed by atoms with E-state index in [4.69, 9.17) is 10.5 Å². The van der Waals surface area contributed by atoms with Gasteiger partial charge in [0.1, 0.15) is 5.82 Å². The number of nitrogens with two attached hydrogens (primary N) is 1. The van der Waals surface area contributed by atoms with Crippen molar-refractivity contribution in [3.05, 3.63) is 53.6 Å². The molecule has 0 atom stereocenters. The van der Waals surface area contributed by atoms with E-state index in [0.29, 0.717) is 5.56 Å². The summed E-state index contributed by atoms with van der Waals surface area (Å²) in [5, 5.41) is 0. The molecule has 2 nitrogen and oxygen atoms in total. The Bertz CT molecular complexity index is 555. The topological polar surface area (TPSA) is 35.2 Å². The summed E-state index contributed by atoms with van der Waals surface area (Å²) in [6, 6.07) is 8.50. The van der Waals surface area contributed by atoms with E-state index in [9.17, 15) is 8.78 Å². The number of benzene rings is 2. The summed E-state index contributed by atoms with van der Waals surface area (Å²) < 4.78 is 31.8. The molecule has 0 saturated heterocycles. The molecule has 17 heavy (non-hydrogen) atoms. The number of rotatable bonds is 2. The van der Waals surface area contributed by atoms with Crippen molar-refractivity contribution in [2.45, 2.75) is 6.92 Å². The van der Waals surface area contributed by atoms with Gasteiger partial charge in [0.2, 0.25) is 0 Å². The molecule has 2 N–H and O–H groups in total. The average molecular weight is 235 g/mol. The fourth-order valence-corrected chi connectivity index (χ4v) is 1.43. The number of hydrogen-bond acceptors (Lipinski definition) is 2. The molecule has 2 aromatic rings. The van der Waals surface area contributed by atoms with Gasteiger partial charge < -0.3 is 10.5 Å². The molecule has 0 radical (unpaired) electrons. The van der Waals surface area contributed by atoms with Crippen molar-refractivity contribution in [3.8, 4) is 11.5 Å². The summed E-state index contributed by atoms with van der Waals surface area (Å²) in [4.78, 5) is 0. The van der Waals surface area contributed by atoms with Gasteiger partial charge in [0.15, 0.2) is 17.3 Å². The van der Waals surface area contributed by atoms with Crippen LogP contribution in [0.2, 0.25) is 0 Å². The fraction of sp³-hybridized carbons (Fsp3) is 0.0769. The van der Waals surface area contributed by atoms with E-state index in [0.717, 1.165) is 6.07 Å². The highest BCUT2D eigenvalue weighted by atomic mass is 19.1. The molecule has 0 amide bonds. The molecule has 4 heteroatoms. The summed E-state index contributed by atoms with van der Waals surface area (Å²) in [5.74, 6) is -0.602. The van der Waals surface area contributed by atoms with Crippen LogP contribution in [0.5, 0.6) is 11.5 Å². The van der Waals surface area contributed by atoms with E-state index in [2.05, 4.69) is 0 Å². The SMILES string of the molecule is Cc1cccc(Oc2ccc(F)cc2N)c1F. The van der Waals surface area contributed by atoms with Crippen molar-refractivity contribution < 1.29 is 13.5 Å². The van der Waals surface area contributed by atoms with Crippen LogP contribution in [0.4, 0.5) is 14.5 Å². The van der Waals surface area contributed by atoms with Crippen molar-refractivity contribution in [3.63, 3.8) is 0 Å². The van der Waals surface area contributed by atoms with Crippen molar-refractivity contribution in [1.82, 2.24) is 0 Å². The maximum atomic E-state index is 13.7. The number of ether oxygens (including phenoxy) is 1. The van der Waals surface area contributed by atoms with Crippen LogP contribution in [-0.2, 0) is 0 Å². The molecule has 88 valence electrons. The lowest BCUT2D eigenvalue weighted by Gasteiger charge is -2.10. The first-order valence-electron chi connectivity index (χ1n) is 5.06. The Balaban J connectivity index is 2.35. The van der Waals surface area contributed by atoms with Gasteiger partial charge in [0, 0.05) is 6.07 Å². The summed E-state index contributed by atoms with van der Waals surface area (Å²) in [5.41, 5.74) is 6.18. The first-order valence-corrected chi connectivity index (χ1v) is 5.06. The van der Waals surface area contributed by atoms with Gasteiger partial charge in [0.25, 0.3) is 0 Å². The quantitative estimate of drug-likeness (QED) is 0.806. The van der Waals surface area contributed by atoms with Crippen LogP contribution in [0, 0.1) is 18.6 Å². The van der Waals surface area contributed by atoms with Crippen molar-refractivity contribution in [1.29, 1.82) is 0 Å². The van der Waals surface area contributed by atoms with Crippen molar-refractivity contribution >= 4 is 5.69 Å². The molecule has 0 aliphatic carbocycles. The maximum Gasteiger partial charge on any atom is 0.168 e. The average Bonchev–Trinajstić information content (AvgIpc) is 2.28. The smallest absolute Gasteiger partial charge is 0.168 e. The molecular formula is C13H11F2NO. The number of anilines is 1. The lowest BCUT2D eigenvalue weighted by Crippen LogP contribution is -1.95. The van der Waals surface area contributed by atoms with Crippen LogP contribution in [0.15, 0.2) is 36.4 Å².